The van der Waals surface area contributed by atoms with Crippen LogP contribution in [0, 0.1) is 0 Å². The SMILES string of the molecule is CC1CS(=O)(=O)CCN1c1nc(Cl)c(C(=O)O)s1. The summed E-state index contributed by atoms with van der Waals surface area (Å²) in [4.78, 5) is 16.6. The van der Waals surface area contributed by atoms with E-state index in [1.165, 1.54) is 0 Å². The first-order chi connectivity index (χ1) is 8.30. The van der Waals surface area contributed by atoms with E-state index in [0.29, 0.717) is 11.7 Å². The highest BCUT2D eigenvalue weighted by Crippen LogP contribution is 2.32. The van der Waals surface area contributed by atoms with Gasteiger partial charge >= 0.3 is 5.97 Å². The van der Waals surface area contributed by atoms with Gasteiger partial charge in [-0.1, -0.05) is 22.9 Å². The topological polar surface area (TPSA) is 87.6 Å². The Morgan fingerprint density at radius 1 is 1.61 bits per heavy atom. The standard InChI is InChI=1S/C9H11ClN2O4S2/c1-5-4-18(15,16)3-2-12(5)9-11-7(10)6(17-9)8(13)14/h5H,2-4H2,1H3,(H,13,14). The summed E-state index contributed by atoms with van der Waals surface area (Å²) in [5.41, 5.74) is 0. The van der Waals surface area contributed by atoms with Crippen molar-refractivity contribution in [2.24, 2.45) is 0 Å². The first kappa shape index (κ1) is 13.6. The van der Waals surface area contributed by atoms with Gasteiger partial charge in [0.25, 0.3) is 0 Å². The van der Waals surface area contributed by atoms with Crippen LogP contribution in [-0.2, 0) is 9.84 Å². The number of hydrogen-bond acceptors (Lipinski definition) is 6. The second kappa shape index (κ2) is 4.67. The number of carboxylic acids is 1. The maximum absolute atomic E-state index is 11.5. The van der Waals surface area contributed by atoms with Crippen LogP contribution in [0.4, 0.5) is 5.13 Å². The number of rotatable bonds is 2. The highest BCUT2D eigenvalue weighted by Gasteiger charge is 2.31. The molecule has 100 valence electrons. The van der Waals surface area contributed by atoms with Gasteiger partial charge in [0, 0.05) is 12.6 Å². The summed E-state index contributed by atoms with van der Waals surface area (Å²) in [6.45, 7) is 2.08. The molecule has 0 radical (unpaired) electrons. The van der Waals surface area contributed by atoms with Crippen LogP contribution in [0.5, 0.6) is 0 Å². The Labute approximate surface area is 113 Å². The minimum absolute atomic E-state index is 0.0210. The average Bonchev–Trinajstić information content (AvgIpc) is 2.58. The molecule has 1 saturated heterocycles. The molecule has 0 saturated carbocycles. The molecule has 9 heteroatoms. The van der Waals surface area contributed by atoms with E-state index in [2.05, 4.69) is 4.98 Å². The van der Waals surface area contributed by atoms with Crippen molar-refractivity contribution in [2.45, 2.75) is 13.0 Å². The number of carboxylic acid groups (broad SMARTS) is 1. The van der Waals surface area contributed by atoms with Gasteiger partial charge in [0.2, 0.25) is 0 Å². The maximum atomic E-state index is 11.5. The van der Waals surface area contributed by atoms with E-state index in [4.69, 9.17) is 16.7 Å². The molecule has 1 atom stereocenters. The fraction of sp³-hybridized carbons (Fsp3) is 0.556. The van der Waals surface area contributed by atoms with Crippen LogP contribution in [0.3, 0.4) is 0 Å². The second-order valence-electron chi connectivity index (χ2n) is 4.08. The average molecular weight is 311 g/mol. The van der Waals surface area contributed by atoms with Crippen molar-refractivity contribution in [1.82, 2.24) is 4.98 Å². The Balaban J connectivity index is 2.28. The Morgan fingerprint density at radius 3 is 2.78 bits per heavy atom. The van der Waals surface area contributed by atoms with Crippen LogP contribution < -0.4 is 4.90 Å². The van der Waals surface area contributed by atoms with Gasteiger partial charge in [0.05, 0.1) is 11.5 Å². The first-order valence-electron chi connectivity index (χ1n) is 5.17. The normalized spacial score (nSPS) is 23.0. The van der Waals surface area contributed by atoms with E-state index in [0.717, 1.165) is 11.3 Å². The predicted octanol–water partition coefficient (Wildman–Crippen LogP) is 1.12. The molecule has 1 unspecified atom stereocenters. The van der Waals surface area contributed by atoms with Gasteiger partial charge in [-0.05, 0) is 6.92 Å². The number of sulfone groups is 1. The summed E-state index contributed by atoms with van der Waals surface area (Å²) in [6.07, 6.45) is 0. The Hall–Kier alpha value is -0.860. The van der Waals surface area contributed by atoms with Crippen molar-refractivity contribution in [2.75, 3.05) is 23.0 Å². The summed E-state index contributed by atoms with van der Waals surface area (Å²) in [5, 5.41) is 9.30. The molecular formula is C9H11ClN2O4S2. The fourth-order valence-electron chi connectivity index (χ4n) is 1.83. The lowest BCUT2D eigenvalue weighted by Crippen LogP contribution is -2.46. The molecule has 1 N–H and O–H groups in total. The van der Waals surface area contributed by atoms with Crippen molar-refractivity contribution < 1.29 is 18.3 Å². The number of thiazole rings is 1. The number of anilines is 1. The lowest BCUT2D eigenvalue weighted by atomic mass is 10.3. The second-order valence-corrected chi connectivity index (χ2v) is 7.64. The number of halogens is 1. The molecule has 6 nitrogen and oxygen atoms in total. The summed E-state index contributed by atoms with van der Waals surface area (Å²) in [5.74, 6) is -1.02. The van der Waals surface area contributed by atoms with Crippen LogP contribution in [0.1, 0.15) is 16.6 Å². The molecule has 1 aromatic heterocycles. The van der Waals surface area contributed by atoms with Crippen molar-refractivity contribution in [1.29, 1.82) is 0 Å². The van der Waals surface area contributed by atoms with Gasteiger partial charge in [-0.2, -0.15) is 0 Å². The number of hydrogen-bond donors (Lipinski definition) is 1. The number of nitrogens with zero attached hydrogens (tertiary/aromatic N) is 2. The zero-order valence-corrected chi connectivity index (χ0v) is 11.8. The van der Waals surface area contributed by atoms with Crippen LogP contribution >= 0.6 is 22.9 Å². The minimum Gasteiger partial charge on any atom is -0.477 e. The summed E-state index contributed by atoms with van der Waals surface area (Å²) in [6, 6.07) is -0.229. The third kappa shape index (κ3) is 2.60. The molecule has 2 heterocycles. The van der Waals surface area contributed by atoms with Crippen LogP contribution in [-0.4, -0.2) is 48.6 Å². The van der Waals surface area contributed by atoms with Crippen LogP contribution in [0.2, 0.25) is 5.15 Å². The van der Waals surface area contributed by atoms with Gasteiger partial charge in [-0.3, -0.25) is 0 Å². The van der Waals surface area contributed by atoms with E-state index in [1.807, 2.05) is 0 Å². The number of aromatic nitrogens is 1. The molecular weight excluding hydrogens is 300 g/mol. The van der Waals surface area contributed by atoms with E-state index in [-0.39, 0.29) is 27.6 Å². The molecule has 1 fully saturated rings. The molecule has 0 aliphatic carbocycles. The van der Waals surface area contributed by atoms with Gasteiger partial charge < -0.3 is 10.0 Å². The third-order valence-electron chi connectivity index (χ3n) is 2.68. The Bertz CT molecular complexity index is 583. The largest absolute Gasteiger partial charge is 0.477 e. The van der Waals surface area contributed by atoms with E-state index in [9.17, 15) is 13.2 Å². The molecule has 0 aromatic carbocycles. The summed E-state index contributed by atoms with van der Waals surface area (Å²) < 4.78 is 22.9. The van der Waals surface area contributed by atoms with Crippen molar-refractivity contribution in [3.05, 3.63) is 10.0 Å². The smallest absolute Gasteiger partial charge is 0.349 e. The lowest BCUT2D eigenvalue weighted by Gasteiger charge is -2.32. The predicted molar refractivity (Wildman–Crippen MR) is 69.5 cm³/mol. The van der Waals surface area contributed by atoms with Gasteiger partial charge in [0.1, 0.15) is 0 Å². The van der Waals surface area contributed by atoms with E-state index in [1.54, 1.807) is 11.8 Å². The fourth-order valence-corrected chi connectivity index (χ4v) is 4.64. The van der Waals surface area contributed by atoms with E-state index >= 15 is 0 Å². The van der Waals surface area contributed by atoms with Gasteiger partial charge in [0.15, 0.2) is 25.0 Å². The number of carbonyl (C=O) groups is 1. The lowest BCUT2D eigenvalue weighted by molar-refractivity contribution is 0.0702. The Morgan fingerprint density at radius 2 is 2.28 bits per heavy atom. The van der Waals surface area contributed by atoms with Crippen LogP contribution in [0.15, 0.2) is 0 Å². The van der Waals surface area contributed by atoms with Crippen molar-refractivity contribution in [3.8, 4) is 0 Å². The van der Waals surface area contributed by atoms with Crippen molar-refractivity contribution >= 4 is 43.9 Å². The first-order valence-corrected chi connectivity index (χ1v) is 8.18. The maximum Gasteiger partial charge on any atom is 0.349 e. The highest BCUT2D eigenvalue weighted by molar-refractivity contribution is 7.91. The highest BCUT2D eigenvalue weighted by atomic mass is 35.5. The zero-order chi connectivity index (χ0) is 13.5. The van der Waals surface area contributed by atoms with Gasteiger partial charge in [-0.25, -0.2) is 18.2 Å². The number of aromatic carboxylic acids is 1. The molecule has 2 rings (SSSR count). The molecule has 1 aromatic rings. The summed E-state index contributed by atoms with van der Waals surface area (Å²) in [7, 11) is -3.01. The van der Waals surface area contributed by atoms with Crippen molar-refractivity contribution in [3.63, 3.8) is 0 Å². The molecule has 18 heavy (non-hydrogen) atoms. The zero-order valence-electron chi connectivity index (χ0n) is 9.46. The molecule has 1 aliphatic rings. The summed E-state index contributed by atoms with van der Waals surface area (Å²) >= 11 is 6.70. The monoisotopic (exact) mass is 310 g/mol. The van der Waals surface area contributed by atoms with E-state index < -0.39 is 15.8 Å². The van der Waals surface area contributed by atoms with Crippen LogP contribution in [0.25, 0.3) is 0 Å². The third-order valence-corrected chi connectivity index (χ3v) is 5.95. The molecule has 0 amide bonds. The molecule has 0 spiro atoms. The Kier molecular flexibility index (Phi) is 3.52. The quantitative estimate of drug-likeness (QED) is 0.880. The van der Waals surface area contributed by atoms with Gasteiger partial charge in [-0.15, -0.1) is 0 Å². The molecule has 0 bridgehead atoms. The minimum atomic E-state index is -3.01. The molecule has 1 aliphatic heterocycles.